The number of benzene rings is 2. The van der Waals surface area contributed by atoms with Crippen molar-refractivity contribution in [2.45, 2.75) is 18.7 Å². The quantitative estimate of drug-likeness (QED) is 0.532. The fraction of sp³-hybridized carbons (Fsp3) is 0.375. The minimum absolute atomic E-state index is 0.125. The molecule has 1 atom stereocenters. The van der Waals surface area contributed by atoms with Crippen LogP contribution in [0.3, 0.4) is 0 Å². The Labute approximate surface area is 193 Å². The van der Waals surface area contributed by atoms with E-state index >= 15 is 0 Å². The van der Waals surface area contributed by atoms with Crippen LogP contribution < -0.4 is 9.47 Å². The fourth-order valence-electron chi connectivity index (χ4n) is 3.68. The highest BCUT2D eigenvalue weighted by molar-refractivity contribution is 6.30. The first-order valence-corrected chi connectivity index (χ1v) is 11.1. The molecule has 1 aliphatic heterocycles. The summed E-state index contributed by atoms with van der Waals surface area (Å²) in [5.74, 6) is 1.45. The van der Waals surface area contributed by atoms with Gasteiger partial charge in [0.05, 0.1) is 19.8 Å². The lowest BCUT2D eigenvalue weighted by molar-refractivity contribution is -0.0646. The van der Waals surface area contributed by atoms with Crippen LogP contribution in [0.25, 0.3) is 0 Å². The molecule has 1 unspecified atom stereocenters. The maximum atomic E-state index is 11.1. The highest BCUT2D eigenvalue weighted by Gasteiger charge is 2.33. The zero-order valence-electron chi connectivity index (χ0n) is 17.9. The van der Waals surface area contributed by atoms with Crippen molar-refractivity contribution in [2.75, 3.05) is 39.5 Å². The van der Waals surface area contributed by atoms with Crippen molar-refractivity contribution < 1.29 is 19.3 Å². The van der Waals surface area contributed by atoms with Gasteiger partial charge in [0.15, 0.2) is 0 Å². The van der Waals surface area contributed by atoms with Crippen LogP contribution in [-0.4, -0.2) is 64.9 Å². The minimum Gasteiger partial charge on any atom is -0.492 e. The van der Waals surface area contributed by atoms with Gasteiger partial charge in [-0.05, 0) is 42.0 Å². The smallest absolute Gasteiger partial charge is 0.134 e. The Morgan fingerprint density at radius 1 is 1.09 bits per heavy atom. The molecule has 1 fully saturated rings. The van der Waals surface area contributed by atoms with Gasteiger partial charge in [-0.15, -0.1) is 0 Å². The Hall–Kier alpha value is -2.58. The van der Waals surface area contributed by atoms with Crippen LogP contribution >= 0.6 is 11.6 Å². The van der Waals surface area contributed by atoms with Gasteiger partial charge >= 0.3 is 0 Å². The number of rotatable bonds is 9. The molecule has 0 saturated carbocycles. The first-order valence-electron chi connectivity index (χ1n) is 10.7. The summed E-state index contributed by atoms with van der Waals surface area (Å²) in [5, 5.41) is 15.9. The Morgan fingerprint density at radius 2 is 1.94 bits per heavy atom. The van der Waals surface area contributed by atoms with Gasteiger partial charge in [-0.2, -0.15) is 5.10 Å². The molecule has 0 aliphatic carbocycles. The van der Waals surface area contributed by atoms with Crippen molar-refractivity contribution in [1.29, 1.82) is 0 Å². The van der Waals surface area contributed by atoms with E-state index in [2.05, 4.69) is 16.1 Å². The number of halogens is 1. The molecule has 8 heteroatoms. The van der Waals surface area contributed by atoms with Crippen LogP contribution in [0, 0.1) is 0 Å². The summed E-state index contributed by atoms with van der Waals surface area (Å²) in [4.78, 5) is 2.18. The van der Waals surface area contributed by atoms with Crippen LogP contribution in [0.5, 0.6) is 11.5 Å². The molecular formula is C24H28ClN3O4. The van der Waals surface area contributed by atoms with Crippen molar-refractivity contribution in [1.82, 2.24) is 14.7 Å². The van der Waals surface area contributed by atoms with E-state index in [1.54, 1.807) is 18.3 Å². The predicted octanol–water partition coefficient (Wildman–Crippen LogP) is 3.26. The standard InChI is InChI=1S/C24H28ClN3O4/c25-21-5-2-7-23(15-21)32-19-24(29)17-27(10-12-30-18-24)16-20-4-1-6-22(14-20)31-13-11-28-9-3-8-26-28/h1-9,14-15,29H,10-13,16-19H2. The molecule has 2 heterocycles. The summed E-state index contributed by atoms with van der Waals surface area (Å²) in [6.45, 7) is 3.99. The molecule has 0 spiro atoms. The molecule has 1 saturated heterocycles. The number of β-amino-alcohol motifs (C(OH)–C–C–N with tert-alkyl or cyclic N) is 1. The molecule has 1 N–H and O–H groups in total. The number of aliphatic hydroxyl groups is 1. The van der Waals surface area contributed by atoms with Crippen LogP contribution in [-0.2, 0) is 17.8 Å². The molecule has 32 heavy (non-hydrogen) atoms. The van der Waals surface area contributed by atoms with E-state index in [-0.39, 0.29) is 13.2 Å². The Kier molecular flexibility index (Phi) is 7.65. The zero-order valence-corrected chi connectivity index (χ0v) is 18.7. The molecule has 170 valence electrons. The van der Waals surface area contributed by atoms with Crippen molar-refractivity contribution in [2.24, 2.45) is 0 Å². The number of aromatic nitrogens is 2. The van der Waals surface area contributed by atoms with E-state index in [0.717, 1.165) is 17.9 Å². The SMILES string of the molecule is OC1(COc2cccc(Cl)c2)COCCN(Cc2cccc(OCCn3cccn3)c2)C1. The van der Waals surface area contributed by atoms with E-state index < -0.39 is 5.60 Å². The molecule has 4 rings (SSSR count). The molecule has 1 aliphatic rings. The lowest BCUT2D eigenvalue weighted by Gasteiger charge is -2.30. The van der Waals surface area contributed by atoms with Gasteiger partial charge in [-0.25, -0.2) is 0 Å². The number of ether oxygens (including phenoxy) is 3. The molecule has 1 aromatic heterocycles. The average Bonchev–Trinajstić information content (AvgIpc) is 3.22. The van der Waals surface area contributed by atoms with Crippen molar-refractivity contribution in [3.8, 4) is 11.5 Å². The third kappa shape index (κ3) is 6.71. The second kappa shape index (κ2) is 10.8. The van der Waals surface area contributed by atoms with E-state index in [9.17, 15) is 5.11 Å². The average molecular weight is 458 g/mol. The topological polar surface area (TPSA) is 69.0 Å². The number of nitrogens with zero attached hydrogens (tertiary/aromatic N) is 3. The van der Waals surface area contributed by atoms with Crippen LogP contribution in [0.2, 0.25) is 5.02 Å². The van der Waals surface area contributed by atoms with Crippen molar-refractivity contribution in [3.63, 3.8) is 0 Å². The lowest BCUT2D eigenvalue weighted by Crippen LogP contribution is -2.48. The summed E-state index contributed by atoms with van der Waals surface area (Å²) in [6, 6.07) is 17.1. The molecular weight excluding hydrogens is 430 g/mol. The highest BCUT2D eigenvalue weighted by Crippen LogP contribution is 2.22. The molecule has 0 bridgehead atoms. The molecule has 2 aromatic carbocycles. The third-order valence-electron chi connectivity index (χ3n) is 5.20. The largest absolute Gasteiger partial charge is 0.492 e. The second-order valence-corrected chi connectivity index (χ2v) is 8.44. The highest BCUT2D eigenvalue weighted by atomic mass is 35.5. The van der Waals surface area contributed by atoms with Gasteiger partial charge in [0.2, 0.25) is 0 Å². The van der Waals surface area contributed by atoms with E-state index in [1.807, 2.05) is 47.3 Å². The molecule has 3 aromatic rings. The summed E-state index contributed by atoms with van der Waals surface area (Å²) < 4.78 is 19.2. The van der Waals surface area contributed by atoms with Crippen molar-refractivity contribution in [3.05, 3.63) is 77.6 Å². The van der Waals surface area contributed by atoms with Gasteiger partial charge in [-0.3, -0.25) is 9.58 Å². The van der Waals surface area contributed by atoms with Gasteiger partial charge in [0, 0.05) is 37.1 Å². The van der Waals surface area contributed by atoms with Crippen molar-refractivity contribution >= 4 is 11.6 Å². The maximum Gasteiger partial charge on any atom is 0.134 e. The fourth-order valence-corrected chi connectivity index (χ4v) is 3.86. The normalized spacial score (nSPS) is 19.4. The summed E-state index contributed by atoms with van der Waals surface area (Å²) in [5.41, 5.74) is -0.00180. The van der Waals surface area contributed by atoms with E-state index in [4.69, 9.17) is 25.8 Å². The summed E-state index contributed by atoms with van der Waals surface area (Å²) >= 11 is 6.02. The Balaban J connectivity index is 1.32. The maximum absolute atomic E-state index is 11.1. The van der Waals surface area contributed by atoms with Crippen LogP contribution in [0.4, 0.5) is 0 Å². The third-order valence-corrected chi connectivity index (χ3v) is 5.43. The Bertz CT molecular complexity index is 985. The molecule has 7 nitrogen and oxygen atoms in total. The van der Waals surface area contributed by atoms with Gasteiger partial charge in [0.25, 0.3) is 0 Å². The Morgan fingerprint density at radius 3 is 2.75 bits per heavy atom. The van der Waals surface area contributed by atoms with Gasteiger partial charge in [0.1, 0.15) is 30.3 Å². The van der Waals surface area contributed by atoms with Gasteiger partial charge in [-0.1, -0.05) is 29.8 Å². The first kappa shape index (κ1) is 22.6. The molecule has 0 amide bonds. The van der Waals surface area contributed by atoms with Crippen LogP contribution in [0.1, 0.15) is 5.56 Å². The number of hydrogen-bond donors (Lipinski definition) is 1. The molecule has 0 radical (unpaired) electrons. The van der Waals surface area contributed by atoms with Gasteiger partial charge < -0.3 is 19.3 Å². The van der Waals surface area contributed by atoms with E-state index in [1.165, 1.54) is 0 Å². The lowest BCUT2D eigenvalue weighted by atomic mass is 10.1. The number of hydrogen-bond acceptors (Lipinski definition) is 6. The zero-order chi connectivity index (χ0) is 22.2. The summed E-state index contributed by atoms with van der Waals surface area (Å²) in [6.07, 6.45) is 3.67. The first-order chi connectivity index (χ1) is 15.6. The monoisotopic (exact) mass is 457 g/mol. The van der Waals surface area contributed by atoms with Crippen LogP contribution in [0.15, 0.2) is 67.0 Å². The predicted molar refractivity (Wildman–Crippen MR) is 122 cm³/mol. The second-order valence-electron chi connectivity index (χ2n) is 8.00. The minimum atomic E-state index is -1.11. The summed E-state index contributed by atoms with van der Waals surface area (Å²) in [7, 11) is 0. The van der Waals surface area contributed by atoms with E-state index in [0.29, 0.717) is 43.6 Å².